The summed E-state index contributed by atoms with van der Waals surface area (Å²) in [6.07, 6.45) is 0. The van der Waals surface area contributed by atoms with E-state index < -0.39 is 0 Å². The number of benzene rings is 1. The molecule has 0 saturated carbocycles. The van der Waals surface area contributed by atoms with Crippen molar-refractivity contribution in [3.8, 4) is 5.75 Å². The summed E-state index contributed by atoms with van der Waals surface area (Å²) in [4.78, 5) is 10.9. The number of ether oxygens (including phenoxy) is 2. The van der Waals surface area contributed by atoms with E-state index in [1.54, 1.807) is 21.1 Å². The minimum Gasteiger partial charge on any atom is -0.497 e. The minimum absolute atomic E-state index is 0. The molecule has 1 aromatic carbocycles. The van der Waals surface area contributed by atoms with Gasteiger partial charge in [0.2, 0.25) is 5.89 Å². The Bertz CT molecular complexity index is 762. The zero-order valence-electron chi connectivity index (χ0n) is 17.1. The van der Waals surface area contributed by atoms with Crippen LogP contribution >= 0.6 is 24.0 Å². The van der Waals surface area contributed by atoms with E-state index in [1.807, 2.05) is 12.1 Å². The molecule has 9 nitrogen and oxygen atoms in total. The van der Waals surface area contributed by atoms with Crippen molar-refractivity contribution in [1.29, 1.82) is 0 Å². The number of guanidine groups is 1. The molecule has 2 heterocycles. The Balaban J connectivity index is 0.00000300. The van der Waals surface area contributed by atoms with Gasteiger partial charge in [0.15, 0.2) is 11.8 Å². The number of hydrogen-bond acceptors (Lipinski definition) is 7. The Hall–Kier alpha value is -1.92. The molecule has 1 aromatic heterocycles. The summed E-state index contributed by atoms with van der Waals surface area (Å²) in [6.45, 7) is 6.20. The van der Waals surface area contributed by atoms with E-state index in [2.05, 4.69) is 42.8 Å². The van der Waals surface area contributed by atoms with Gasteiger partial charge in [0, 0.05) is 26.7 Å². The van der Waals surface area contributed by atoms with Crippen LogP contribution in [0, 0.1) is 6.92 Å². The first-order valence-corrected chi connectivity index (χ1v) is 9.39. The molecular weight excluding hydrogens is 487 g/mol. The van der Waals surface area contributed by atoms with Gasteiger partial charge in [0.05, 0.1) is 32.9 Å². The Labute approximate surface area is 188 Å². The smallest absolute Gasteiger partial charge is 0.246 e. The summed E-state index contributed by atoms with van der Waals surface area (Å²) in [5.74, 6) is 2.68. The summed E-state index contributed by atoms with van der Waals surface area (Å²) in [5, 5.41) is 10.4. The van der Waals surface area contributed by atoms with Crippen LogP contribution in [-0.4, -0.2) is 68.0 Å². The van der Waals surface area contributed by atoms with Gasteiger partial charge in [-0.25, -0.2) is 0 Å². The number of nitrogens with zero attached hydrogens (tertiary/aromatic N) is 4. The molecule has 0 radical (unpaired) electrons. The third-order valence-corrected chi connectivity index (χ3v) is 4.65. The van der Waals surface area contributed by atoms with Gasteiger partial charge >= 0.3 is 0 Å². The molecule has 29 heavy (non-hydrogen) atoms. The lowest BCUT2D eigenvalue weighted by molar-refractivity contribution is 0.0170. The van der Waals surface area contributed by atoms with Crippen LogP contribution in [0.15, 0.2) is 33.8 Å². The van der Waals surface area contributed by atoms with Crippen LogP contribution in [0.5, 0.6) is 5.75 Å². The van der Waals surface area contributed by atoms with E-state index in [1.165, 1.54) is 5.56 Å². The van der Waals surface area contributed by atoms with Crippen LogP contribution in [0.3, 0.4) is 0 Å². The van der Waals surface area contributed by atoms with Gasteiger partial charge in [0.1, 0.15) is 5.75 Å². The van der Waals surface area contributed by atoms with Crippen LogP contribution in [-0.2, 0) is 11.3 Å². The third-order valence-electron chi connectivity index (χ3n) is 4.65. The second kappa shape index (κ2) is 11.9. The van der Waals surface area contributed by atoms with Crippen molar-refractivity contribution in [2.75, 3.05) is 47.0 Å². The SMILES string of the molecule is CN=C(NCc1nc(C)no1)NCC(c1ccc(OC)cc1)N1CCOCC1.I. The molecule has 1 fully saturated rings. The zero-order chi connectivity index (χ0) is 19.8. The van der Waals surface area contributed by atoms with Gasteiger partial charge in [-0.15, -0.1) is 24.0 Å². The van der Waals surface area contributed by atoms with Crippen LogP contribution < -0.4 is 15.4 Å². The summed E-state index contributed by atoms with van der Waals surface area (Å²) >= 11 is 0. The van der Waals surface area contributed by atoms with Crippen molar-refractivity contribution >= 4 is 29.9 Å². The summed E-state index contributed by atoms with van der Waals surface area (Å²) in [6, 6.07) is 8.40. The maximum atomic E-state index is 5.52. The average Bonchev–Trinajstić information content (AvgIpc) is 3.16. The lowest BCUT2D eigenvalue weighted by Crippen LogP contribution is -2.46. The number of aliphatic imine (C=N–C) groups is 1. The molecule has 0 aliphatic carbocycles. The first-order valence-electron chi connectivity index (χ1n) is 9.39. The molecule has 1 unspecified atom stereocenters. The number of aryl methyl sites for hydroxylation is 1. The molecule has 1 atom stereocenters. The van der Waals surface area contributed by atoms with Gasteiger partial charge < -0.3 is 24.6 Å². The molecule has 2 N–H and O–H groups in total. The van der Waals surface area contributed by atoms with E-state index in [9.17, 15) is 0 Å². The summed E-state index contributed by atoms with van der Waals surface area (Å²) in [5.41, 5.74) is 1.22. The van der Waals surface area contributed by atoms with E-state index in [4.69, 9.17) is 14.0 Å². The van der Waals surface area contributed by atoms with Crippen molar-refractivity contribution in [1.82, 2.24) is 25.7 Å². The van der Waals surface area contributed by atoms with Gasteiger partial charge in [-0.05, 0) is 24.6 Å². The van der Waals surface area contributed by atoms with Crippen LogP contribution in [0.2, 0.25) is 0 Å². The molecule has 10 heteroatoms. The first-order chi connectivity index (χ1) is 13.7. The van der Waals surface area contributed by atoms with Gasteiger partial charge in [-0.3, -0.25) is 9.89 Å². The predicted molar refractivity (Wildman–Crippen MR) is 121 cm³/mol. The molecule has 1 saturated heterocycles. The maximum absolute atomic E-state index is 5.52. The highest BCUT2D eigenvalue weighted by Gasteiger charge is 2.23. The number of morpholine rings is 1. The lowest BCUT2D eigenvalue weighted by atomic mass is 10.0. The van der Waals surface area contributed by atoms with E-state index in [0.717, 1.165) is 32.1 Å². The largest absolute Gasteiger partial charge is 0.497 e. The predicted octanol–water partition coefficient (Wildman–Crippen LogP) is 1.74. The van der Waals surface area contributed by atoms with Crippen LogP contribution in [0.25, 0.3) is 0 Å². The molecule has 3 rings (SSSR count). The van der Waals surface area contributed by atoms with Crippen LogP contribution in [0.1, 0.15) is 23.3 Å². The number of halogens is 1. The van der Waals surface area contributed by atoms with E-state index in [-0.39, 0.29) is 30.0 Å². The molecule has 160 valence electrons. The Kier molecular flexibility index (Phi) is 9.61. The van der Waals surface area contributed by atoms with Crippen molar-refractivity contribution in [2.24, 2.45) is 4.99 Å². The Morgan fingerprint density at radius 1 is 1.24 bits per heavy atom. The molecule has 0 spiro atoms. The standard InChI is InChI=1S/C19H28N6O3.HI/c1-14-23-18(28-24-14)13-22-19(20-2)21-12-17(25-8-10-27-11-9-25)15-4-6-16(26-3)7-5-15;/h4-7,17H,8-13H2,1-3H3,(H2,20,21,22);1H. The van der Waals surface area contributed by atoms with Gasteiger partial charge in [0.25, 0.3) is 0 Å². The molecule has 0 bridgehead atoms. The fourth-order valence-electron chi connectivity index (χ4n) is 3.16. The topological polar surface area (TPSA) is 97.0 Å². The van der Waals surface area contributed by atoms with Gasteiger partial charge in [-0.2, -0.15) is 4.98 Å². The second-order valence-electron chi connectivity index (χ2n) is 6.48. The number of methoxy groups -OCH3 is 1. The van der Waals surface area contributed by atoms with Crippen LogP contribution in [0.4, 0.5) is 0 Å². The average molecular weight is 516 g/mol. The van der Waals surface area contributed by atoms with Crippen molar-refractivity contribution in [3.63, 3.8) is 0 Å². The summed E-state index contributed by atoms with van der Waals surface area (Å²) in [7, 11) is 3.42. The monoisotopic (exact) mass is 516 g/mol. The maximum Gasteiger partial charge on any atom is 0.246 e. The van der Waals surface area contributed by atoms with Gasteiger partial charge in [-0.1, -0.05) is 17.3 Å². The molecule has 0 amide bonds. The highest BCUT2D eigenvalue weighted by atomic mass is 127. The fraction of sp³-hybridized carbons (Fsp3) is 0.526. The Morgan fingerprint density at radius 2 is 1.97 bits per heavy atom. The lowest BCUT2D eigenvalue weighted by Gasteiger charge is -2.35. The molecule has 2 aromatic rings. The third kappa shape index (κ3) is 6.82. The van der Waals surface area contributed by atoms with E-state index >= 15 is 0 Å². The highest BCUT2D eigenvalue weighted by molar-refractivity contribution is 14.0. The molecular formula is C19H29IN6O3. The van der Waals surface area contributed by atoms with Crippen molar-refractivity contribution in [3.05, 3.63) is 41.5 Å². The van der Waals surface area contributed by atoms with Crippen molar-refractivity contribution < 1.29 is 14.0 Å². The first kappa shape index (κ1) is 23.4. The second-order valence-corrected chi connectivity index (χ2v) is 6.48. The number of rotatable bonds is 7. The normalized spacial score (nSPS) is 16.0. The van der Waals surface area contributed by atoms with Crippen molar-refractivity contribution in [2.45, 2.75) is 19.5 Å². The number of hydrogen-bond donors (Lipinski definition) is 2. The molecule has 1 aliphatic heterocycles. The number of nitrogens with one attached hydrogen (secondary N) is 2. The quantitative estimate of drug-likeness (QED) is 0.327. The zero-order valence-corrected chi connectivity index (χ0v) is 19.4. The number of aromatic nitrogens is 2. The van der Waals surface area contributed by atoms with E-state index in [0.29, 0.717) is 30.8 Å². The summed E-state index contributed by atoms with van der Waals surface area (Å²) < 4.78 is 15.9. The molecule has 1 aliphatic rings. The fourth-order valence-corrected chi connectivity index (χ4v) is 3.16. The Morgan fingerprint density at radius 3 is 2.55 bits per heavy atom. The highest BCUT2D eigenvalue weighted by Crippen LogP contribution is 2.23. The minimum atomic E-state index is 0.